The first-order chi connectivity index (χ1) is 14.1. The first kappa shape index (κ1) is 24.8. The zero-order valence-electron chi connectivity index (χ0n) is 17.7. The second-order valence-electron chi connectivity index (χ2n) is 7.29. The lowest BCUT2D eigenvalue weighted by atomic mass is 10.1. The number of carbonyl (C=O) groups is 2. The van der Waals surface area contributed by atoms with Gasteiger partial charge < -0.3 is 20.4 Å². The minimum atomic E-state index is -0.104. The summed E-state index contributed by atoms with van der Waals surface area (Å²) in [6, 6.07) is 7.56. The van der Waals surface area contributed by atoms with Crippen LogP contribution in [0.15, 0.2) is 29.3 Å². The van der Waals surface area contributed by atoms with Gasteiger partial charge in [-0.05, 0) is 31.0 Å². The van der Waals surface area contributed by atoms with Crippen molar-refractivity contribution in [1.82, 2.24) is 20.4 Å². The standard InChI is InChI=1S/C21H31N5O2S.HI/c1-3-18-14-26(11-12-29-18)21(22-4-2)24-13-16-5-7-17(8-6-16)20(28)25-10-9-23-19(27)15-25;/h5-8,18H,3-4,9-15H2,1-2H3,(H,22,24)(H,23,27);1H. The predicted molar refractivity (Wildman–Crippen MR) is 134 cm³/mol. The van der Waals surface area contributed by atoms with Gasteiger partial charge in [-0.2, -0.15) is 11.8 Å². The highest BCUT2D eigenvalue weighted by Gasteiger charge is 2.23. The molecule has 2 aliphatic rings. The second-order valence-corrected chi connectivity index (χ2v) is 8.70. The molecule has 2 amide bonds. The molecule has 2 N–H and O–H groups in total. The van der Waals surface area contributed by atoms with Crippen LogP contribution in [0.4, 0.5) is 0 Å². The Kier molecular flexibility index (Phi) is 10.2. The average Bonchev–Trinajstić information content (AvgIpc) is 2.76. The van der Waals surface area contributed by atoms with Gasteiger partial charge in [0.15, 0.2) is 5.96 Å². The topological polar surface area (TPSA) is 77.0 Å². The molecule has 2 saturated heterocycles. The number of benzene rings is 1. The minimum Gasteiger partial charge on any atom is -0.357 e. The van der Waals surface area contributed by atoms with Crippen molar-refractivity contribution < 1.29 is 9.59 Å². The molecule has 2 heterocycles. The molecular weight excluding hydrogens is 513 g/mol. The number of carbonyl (C=O) groups excluding carboxylic acids is 2. The number of halogens is 1. The number of aliphatic imine (C=N–C) groups is 1. The van der Waals surface area contributed by atoms with Gasteiger partial charge in [0.1, 0.15) is 0 Å². The highest BCUT2D eigenvalue weighted by molar-refractivity contribution is 14.0. The first-order valence-electron chi connectivity index (χ1n) is 10.4. The van der Waals surface area contributed by atoms with Crippen molar-refractivity contribution in [3.63, 3.8) is 0 Å². The number of hydrogen-bond donors (Lipinski definition) is 2. The van der Waals surface area contributed by atoms with E-state index in [-0.39, 0.29) is 42.3 Å². The number of thioether (sulfide) groups is 1. The van der Waals surface area contributed by atoms with Crippen molar-refractivity contribution in [2.45, 2.75) is 32.1 Å². The fraction of sp³-hybridized carbons (Fsp3) is 0.571. The van der Waals surface area contributed by atoms with Gasteiger partial charge in [0.25, 0.3) is 5.91 Å². The fourth-order valence-corrected chi connectivity index (χ4v) is 4.68. The van der Waals surface area contributed by atoms with Gasteiger partial charge in [-0.15, -0.1) is 24.0 Å². The van der Waals surface area contributed by atoms with Crippen LogP contribution < -0.4 is 10.6 Å². The molecular formula is C21H32IN5O2S. The molecule has 166 valence electrons. The molecule has 1 atom stereocenters. The number of amides is 2. The van der Waals surface area contributed by atoms with Crippen LogP contribution in [0.25, 0.3) is 0 Å². The highest BCUT2D eigenvalue weighted by atomic mass is 127. The van der Waals surface area contributed by atoms with Crippen molar-refractivity contribution in [2.24, 2.45) is 4.99 Å². The maximum atomic E-state index is 12.6. The largest absolute Gasteiger partial charge is 0.357 e. The Morgan fingerprint density at radius 3 is 2.67 bits per heavy atom. The average molecular weight is 545 g/mol. The molecule has 1 unspecified atom stereocenters. The maximum absolute atomic E-state index is 12.6. The molecule has 0 radical (unpaired) electrons. The highest BCUT2D eigenvalue weighted by Crippen LogP contribution is 2.21. The maximum Gasteiger partial charge on any atom is 0.254 e. The number of rotatable bonds is 5. The van der Waals surface area contributed by atoms with Gasteiger partial charge in [-0.1, -0.05) is 19.1 Å². The van der Waals surface area contributed by atoms with E-state index >= 15 is 0 Å². The van der Waals surface area contributed by atoms with E-state index in [1.165, 1.54) is 6.42 Å². The fourth-order valence-electron chi connectivity index (χ4n) is 3.50. The summed E-state index contributed by atoms with van der Waals surface area (Å²) in [4.78, 5) is 32.8. The summed E-state index contributed by atoms with van der Waals surface area (Å²) in [7, 11) is 0. The SMILES string of the molecule is CCNC(=NCc1ccc(C(=O)N2CCNC(=O)C2)cc1)N1CCSC(CC)C1.I. The van der Waals surface area contributed by atoms with Crippen LogP contribution >= 0.6 is 35.7 Å². The van der Waals surface area contributed by atoms with Crippen molar-refractivity contribution in [1.29, 1.82) is 0 Å². The van der Waals surface area contributed by atoms with Gasteiger partial charge in [0.2, 0.25) is 5.91 Å². The van der Waals surface area contributed by atoms with Crippen LogP contribution in [0.5, 0.6) is 0 Å². The Morgan fingerprint density at radius 2 is 2.00 bits per heavy atom. The minimum absolute atomic E-state index is 0. The van der Waals surface area contributed by atoms with E-state index in [0.29, 0.717) is 30.4 Å². The summed E-state index contributed by atoms with van der Waals surface area (Å²) in [6.07, 6.45) is 1.18. The Labute approximate surface area is 200 Å². The zero-order chi connectivity index (χ0) is 20.6. The van der Waals surface area contributed by atoms with Gasteiger partial charge in [0, 0.05) is 49.3 Å². The summed E-state index contributed by atoms with van der Waals surface area (Å²) in [5.74, 6) is 1.90. The molecule has 0 aromatic heterocycles. The first-order valence-corrected chi connectivity index (χ1v) is 11.4. The molecule has 1 aromatic carbocycles. The lowest BCUT2D eigenvalue weighted by Gasteiger charge is -2.34. The van der Waals surface area contributed by atoms with Crippen molar-refractivity contribution in [2.75, 3.05) is 45.0 Å². The quantitative estimate of drug-likeness (QED) is 0.337. The van der Waals surface area contributed by atoms with Crippen molar-refractivity contribution in [3.05, 3.63) is 35.4 Å². The third-order valence-electron chi connectivity index (χ3n) is 5.17. The van der Waals surface area contributed by atoms with Crippen LogP contribution in [-0.4, -0.2) is 77.8 Å². The number of nitrogens with zero attached hydrogens (tertiary/aromatic N) is 3. The lowest BCUT2D eigenvalue weighted by Crippen LogP contribution is -2.49. The third-order valence-corrected chi connectivity index (χ3v) is 6.54. The van der Waals surface area contributed by atoms with Crippen LogP contribution in [0.2, 0.25) is 0 Å². The van der Waals surface area contributed by atoms with E-state index in [0.717, 1.165) is 36.9 Å². The second kappa shape index (κ2) is 12.4. The summed E-state index contributed by atoms with van der Waals surface area (Å²) < 4.78 is 0. The third kappa shape index (κ3) is 6.76. The molecule has 2 aliphatic heterocycles. The van der Waals surface area contributed by atoms with Crippen molar-refractivity contribution in [3.8, 4) is 0 Å². The monoisotopic (exact) mass is 545 g/mol. The van der Waals surface area contributed by atoms with Gasteiger partial charge in [-0.3, -0.25) is 9.59 Å². The van der Waals surface area contributed by atoms with E-state index < -0.39 is 0 Å². The molecule has 3 rings (SSSR count). The number of nitrogens with one attached hydrogen (secondary N) is 2. The summed E-state index contributed by atoms with van der Waals surface area (Å²) >= 11 is 2.05. The summed E-state index contributed by atoms with van der Waals surface area (Å²) in [5.41, 5.74) is 1.67. The summed E-state index contributed by atoms with van der Waals surface area (Å²) in [5, 5.41) is 6.81. The Bertz CT molecular complexity index is 743. The number of hydrogen-bond acceptors (Lipinski definition) is 4. The zero-order valence-corrected chi connectivity index (χ0v) is 20.9. The molecule has 0 bridgehead atoms. The Hall–Kier alpha value is -1.49. The van der Waals surface area contributed by atoms with Crippen LogP contribution in [0.1, 0.15) is 36.2 Å². The van der Waals surface area contributed by atoms with Gasteiger partial charge in [0.05, 0.1) is 13.1 Å². The van der Waals surface area contributed by atoms with Crippen molar-refractivity contribution >= 4 is 53.5 Å². The molecule has 9 heteroatoms. The molecule has 2 fully saturated rings. The molecule has 1 aromatic rings. The number of guanidine groups is 1. The van der Waals surface area contributed by atoms with E-state index in [1.54, 1.807) is 4.90 Å². The lowest BCUT2D eigenvalue weighted by molar-refractivity contribution is -0.123. The molecule has 0 saturated carbocycles. The molecule has 7 nitrogen and oxygen atoms in total. The molecule has 30 heavy (non-hydrogen) atoms. The normalized spacial score (nSPS) is 19.7. The molecule has 0 aliphatic carbocycles. The van der Waals surface area contributed by atoms with E-state index in [2.05, 4.69) is 29.4 Å². The Morgan fingerprint density at radius 1 is 1.23 bits per heavy atom. The van der Waals surface area contributed by atoms with Crippen LogP contribution in [0, 0.1) is 0 Å². The van der Waals surface area contributed by atoms with E-state index in [4.69, 9.17) is 4.99 Å². The van der Waals surface area contributed by atoms with E-state index in [1.807, 2.05) is 36.0 Å². The summed E-state index contributed by atoms with van der Waals surface area (Å²) in [6.45, 7) is 8.99. The van der Waals surface area contributed by atoms with Crippen LogP contribution in [-0.2, 0) is 11.3 Å². The van der Waals surface area contributed by atoms with E-state index in [9.17, 15) is 9.59 Å². The molecule has 0 spiro atoms. The smallest absolute Gasteiger partial charge is 0.254 e. The Balaban J connectivity index is 0.00000320. The van der Waals surface area contributed by atoms with Crippen LogP contribution in [0.3, 0.4) is 0 Å². The van der Waals surface area contributed by atoms with Gasteiger partial charge >= 0.3 is 0 Å². The van der Waals surface area contributed by atoms with Gasteiger partial charge in [-0.25, -0.2) is 4.99 Å². The number of piperazine rings is 1. The predicted octanol–water partition coefficient (Wildman–Crippen LogP) is 2.17.